The molecule has 0 spiro atoms. The zero-order valence-corrected chi connectivity index (χ0v) is 19.6. The third-order valence-electron chi connectivity index (χ3n) is 5.93. The molecule has 0 saturated carbocycles. The van der Waals surface area contributed by atoms with Crippen molar-refractivity contribution in [2.75, 3.05) is 20.2 Å². The number of nitrogens with zero attached hydrogens (tertiary/aromatic N) is 5. The first-order valence-corrected chi connectivity index (χ1v) is 11.9. The van der Waals surface area contributed by atoms with Crippen molar-refractivity contribution >= 4 is 17.7 Å². The van der Waals surface area contributed by atoms with Crippen molar-refractivity contribution in [2.45, 2.75) is 43.5 Å². The molecule has 8 heteroatoms. The maximum absolute atomic E-state index is 13.1. The topological polar surface area (TPSA) is 73.1 Å². The van der Waals surface area contributed by atoms with Crippen molar-refractivity contribution in [1.82, 2.24) is 25.1 Å². The second-order valence-corrected chi connectivity index (χ2v) is 9.57. The lowest BCUT2D eigenvalue weighted by Crippen LogP contribution is -2.42. The number of carbonyl (C=O) groups excluding carboxylic acids is 1. The highest BCUT2D eigenvalue weighted by Crippen LogP contribution is 2.30. The van der Waals surface area contributed by atoms with E-state index in [2.05, 4.69) is 45.9 Å². The molecule has 0 N–H and O–H groups in total. The number of ether oxygens (including phenoxy) is 1. The smallest absolute Gasteiger partial charge is 0.235 e. The first kappa shape index (κ1) is 22.3. The van der Waals surface area contributed by atoms with Crippen molar-refractivity contribution < 1.29 is 9.53 Å². The summed E-state index contributed by atoms with van der Waals surface area (Å²) in [5.41, 5.74) is 3.22. The van der Waals surface area contributed by atoms with E-state index in [1.54, 1.807) is 11.8 Å². The molecular formula is C24H29N5O2S. The zero-order valence-electron chi connectivity index (χ0n) is 18.8. The number of carbonyl (C=O) groups is 1. The molecule has 1 unspecified atom stereocenters. The van der Waals surface area contributed by atoms with Gasteiger partial charge in [0.2, 0.25) is 11.1 Å². The summed E-state index contributed by atoms with van der Waals surface area (Å²) in [4.78, 5) is 15.1. The summed E-state index contributed by atoms with van der Waals surface area (Å²) >= 11 is 1.38. The largest absolute Gasteiger partial charge is 0.494 e. The highest BCUT2D eigenvalue weighted by Gasteiger charge is 2.28. The molecule has 32 heavy (non-hydrogen) atoms. The van der Waals surface area contributed by atoms with Gasteiger partial charge in [-0.2, -0.15) is 4.68 Å². The third-order valence-corrected chi connectivity index (χ3v) is 6.95. The molecule has 1 aliphatic heterocycles. The Morgan fingerprint density at radius 2 is 1.94 bits per heavy atom. The van der Waals surface area contributed by atoms with Crippen LogP contribution < -0.4 is 4.74 Å². The van der Waals surface area contributed by atoms with Crippen molar-refractivity contribution in [2.24, 2.45) is 5.92 Å². The number of benzene rings is 2. The molecule has 1 amide bonds. The second-order valence-electron chi connectivity index (χ2n) is 8.27. The Labute approximate surface area is 193 Å². The van der Waals surface area contributed by atoms with E-state index in [9.17, 15) is 4.79 Å². The Morgan fingerprint density at radius 1 is 1.19 bits per heavy atom. The van der Waals surface area contributed by atoms with E-state index in [-0.39, 0.29) is 11.2 Å². The highest BCUT2D eigenvalue weighted by molar-refractivity contribution is 8.00. The lowest BCUT2D eigenvalue weighted by atomic mass is 9.90. The molecule has 0 radical (unpaired) electrons. The van der Waals surface area contributed by atoms with Crippen LogP contribution in [0, 0.1) is 12.8 Å². The van der Waals surface area contributed by atoms with E-state index < -0.39 is 0 Å². The summed E-state index contributed by atoms with van der Waals surface area (Å²) in [6.45, 7) is 5.54. The van der Waals surface area contributed by atoms with Crippen LogP contribution in [0.1, 0.15) is 30.9 Å². The molecule has 1 aliphatic rings. The van der Waals surface area contributed by atoms with Crippen molar-refractivity contribution in [3.05, 3.63) is 59.7 Å². The van der Waals surface area contributed by atoms with Crippen LogP contribution in [0.2, 0.25) is 0 Å². The van der Waals surface area contributed by atoms with Crippen LogP contribution >= 0.6 is 11.8 Å². The Bertz CT molecular complexity index is 1050. The van der Waals surface area contributed by atoms with Crippen molar-refractivity contribution in [1.29, 1.82) is 0 Å². The minimum absolute atomic E-state index is 0.138. The summed E-state index contributed by atoms with van der Waals surface area (Å²) < 4.78 is 7.12. The van der Waals surface area contributed by atoms with E-state index in [0.717, 1.165) is 43.6 Å². The fourth-order valence-electron chi connectivity index (χ4n) is 4.14. The predicted octanol–water partition coefficient (Wildman–Crippen LogP) is 3.94. The highest BCUT2D eigenvalue weighted by atomic mass is 32.2. The molecule has 0 bridgehead atoms. The SMILES string of the molecule is COc1ccc(C)cc1-n1nnnc1SC(C)C(=O)N1CCC(Cc2ccccc2)CC1. The number of methoxy groups -OCH3 is 1. The fraction of sp³-hybridized carbons (Fsp3) is 0.417. The third kappa shape index (κ3) is 5.12. The summed E-state index contributed by atoms with van der Waals surface area (Å²) in [6.07, 6.45) is 3.16. The lowest BCUT2D eigenvalue weighted by molar-refractivity contribution is -0.131. The summed E-state index contributed by atoms with van der Waals surface area (Å²) in [5.74, 6) is 1.45. The van der Waals surface area contributed by atoms with E-state index in [0.29, 0.717) is 16.8 Å². The average molecular weight is 452 g/mol. The molecular weight excluding hydrogens is 422 g/mol. The number of aryl methyl sites for hydroxylation is 1. The number of hydrogen-bond donors (Lipinski definition) is 0. The van der Waals surface area contributed by atoms with E-state index in [1.807, 2.05) is 36.9 Å². The molecule has 1 fully saturated rings. The molecule has 3 aromatic rings. The molecule has 1 aromatic heterocycles. The molecule has 168 valence electrons. The van der Waals surface area contributed by atoms with Gasteiger partial charge >= 0.3 is 0 Å². The van der Waals surface area contributed by atoms with Gasteiger partial charge in [-0.05, 0) is 72.7 Å². The van der Waals surface area contributed by atoms with Crippen LogP contribution in [0.25, 0.3) is 5.69 Å². The van der Waals surface area contributed by atoms with Crippen LogP contribution in [0.3, 0.4) is 0 Å². The number of amides is 1. The number of piperidine rings is 1. The lowest BCUT2D eigenvalue weighted by Gasteiger charge is -2.33. The van der Waals surface area contributed by atoms with Gasteiger partial charge in [-0.25, -0.2) is 0 Å². The van der Waals surface area contributed by atoms with Gasteiger partial charge in [-0.1, -0.05) is 48.2 Å². The first-order chi connectivity index (χ1) is 15.5. The molecule has 7 nitrogen and oxygen atoms in total. The fourth-order valence-corrected chi connectivity index (χ4v) is 5.02. The van der Waals surface area contributed by atoms with Gasteiger partial charge in [0, 0.05) is 13.1 Å². The first-order valence-electron chi connectivity index (χ1n) is 11.0. The number of aromatic nitrogens is 4. The average Bonchev–Trinajstić information content (AvgIpc) is 3.27. The van der Waals surface area contributed by atoms with Crippen LogP contribution in [0.15, 0.2) is 53.7 Å². The summed E-state index contributed by atoms with van der Waals surface area (Å²) in [7, 11) is 1.62. The molecule has 1 saturated heterocycles. The van der Waals surface area contributed by atoms with Gasteiger partial charge in [-0.3, -0.25) is 4.79 Å². The van der Waals surface area contributed by atoms with Gasteiger partial charge in [0.05, 0.1) is 12.4 Å². The van der Waals surface area contributed by atoms with Gasteiger partial charge in [0.25, 0.3) is 0 Å². The normalized spacial score (nSPS) is 15.5. The Hall–Kier alpha value is -2.87. The van der Waals surface area contributed by atoms with E-state index in [1.165, 1.54) is 17.3 Å². The minimum Gasteiger partial charge on any atom is -0.494 e. The predicted molar refractivity (Wildman–Crippen MR) is 125 cm³/mol. The Balaban J connectivity index is 1.37. The quantitative estimate of drug-likeness (QED) is 0.507. The van der Waals surface area contributed by atoms with Gasteiger partial charge < -0.3 is 9.64 Å². The van der Waals surface area contributed by atoms with Gasteiger partial charge in [0.15, 0.2) is 0 Å². The Morgan fingerprint density at radius 3 is 2.66 bits per heavy atom. The molecule has 1 atom stereocenters. The van der Waals surface area contributed by atoms with Crippen LogP contribution in [0.4, 0.5) is 0 Å². The second kappa shape index (κ2) is 10.2. The minimum atomic E-state index is -0.277. The molecule has 2 heterocycles. The number of hydrogen-bond acceptors (Lipinski definition) is 6. The number of tetrazole rings is 1. The maximum atomic E-state index is 13.1. The van der Waals surface area contributed by atoms with Crippen LogP contribution in [-0.2, 0) is 11.2 Å². The van der Waals surface area contributed by atoms with Crippen LogP contribution in [-0.4, -0.2) is 56.5 Å². The van der Waals surface area contributed by atoms with E-state index >= 15 is 0 Å². The number of thioether (sulfide) groups is 1. The van der Waals surface area contributed by atoms with Gasteiger partial charge in [-0.15, -0.1) is 5.10 Å². The van der Waals surface area contributed by atoms with Crippen molar-refractivity contribution in [3.8, 4) is 11.4 Å². The monoisotopic (exact) mass is 451 g/mol. The molecule has 2 aromatic carbocycles. The molecule has 4 rings (SSSR count). The summed E-state index contributed by atoms with van der Waals surface area (Å²) in [6, 6.07) is 16.5. The van der Waals surface area contributed by atoms with Crippen LogP contribution in [0.5, 0.6) is 5.75 Å². The van der Waals surface area contributed by atoms with Gasteiger partial charge in [0.1, 0.15) is 11.4 Å². The maximum Gasteiger partial charge on any atom is 0.235 e. The number of rotatable bonds is 7. The van der Waals surface area contributed by atoms with E-state index in [4.69, 9.17) is 4.74 Å². The standard InChI is InChI=1S/C24H29N5O2S/c1-17-9-10-22(31-3)21(15-17)29-24(25-26-27-29)32-18(2)23(30)28-13-11-20(12-14-28)16-19-7-5-4-6-8-19/h4-10,15,18,20H,11-14,16H2,1-3H3. The summed E-state index contributed by atoms with van der Waals surface area (Å²) in [5, 5.41) is 12.4. The Kier molecular flexibility index (Phi) is 7.09. The number of likely N-dealkylation sites (tertiary alicyclic amines) is 1. The van der Waals surface area contributed by atoms with Crippen molar-refractivity contribution in [3.63, 3.8) is 0 Å². The zero-order chi connectivity index (χ0) is 22.5. The molecule has 0 aliphatic carbocycles.